The number of hydrogen-bond donors (Lipinski definition) is 1. The predicted molar refractivity (Wildman–Crippen MR) is 37.9 cm³/mol. The van der Waals surface area contributed by atoms with Crippen molar-refractivity contribution in [2.75, 3.05) is 0 Å². The van der Waals surface area contributed by atoms with Crippen LogP contribution in [0.1, 0.15) is 13.8 Å². The molecule has 7 heavy (non-hydrogen) atoms. The molecule has 0 unspecified atom stereocenters. The minimum Gasteiger partial charge on any atom is -0.152 e. The molecule has 0 aromatic heterocycles. The molecule has 0 nitrogen and oxygen atoms in total. The smallest absolute Gasteiger partial charge is 0.0794 e. The topological polar surface area (TPSA) is 0 Å². The van der Waals surface area contributed by atoms with Crippen molar-refractivity contribution in [1.82, 2.24) is 0 Å². The Labute approximate surface area is 51.8 Å². The van der Waals surface area contributed by atoms with Gasteiger partial charge in [-0.25, -0.2) is 0 Å². The number of rotatable bonds is 1. The van der Waals surface area contributed by atoms with Crippen LogP contribution < -0.4 is 0 Å². The van der Waals surface area contributed by atoms with Crippen molar-refractivity contribution < 1.29 is 0 Å². The van der Waals surface area contributed by atoms with E-state index in [1.165, 1.54) is 0 Å². The zero-order valence-corrected chi connectivity index (χ0v) is 5.57. The van der Waals surface area contributed by atoms with Gasteiger partial charge in [0.15, 0.2) is 0 Å². The maximum absolute atomic E-state index is 5.51. The lowest BCUT2D eigenvalue weighted by atomic mass is 9.73. The van der Waals surface area contributed by atoms with Crippen LogP contribution in [-0.4, -0.2) is 7.85 Å². The molecule has 0 saturated carbocycles. The van der Waals surface area contributed by atoms with Crippen LogP contribution in [-0.2, 0) is 0 Å². The molecule has 0 spiro atoms. The van der Waals surface area contributed by atoms with Gasteiger partial charge in [-0.05, 0) is 5.41 Å². The Bertz CT molecular complexity index is 70.6. The van der Waals surface area contributed by atoms with Gasteiger partial charge in [0, 0.05) is 0 Å². The van der Waals surface area contributed by atoms with Gasteiger partial charge in [0.1, 0.15) is 0 Å². The first-order valence-corrected chi connectivity index (χ1v) is 2.69. The van der Waals surface area contributed by atoms with E-state index in [4.69, 9.17) is 7.85 Å². The van der Waals surface area contributed by atoms with Gasteiger partial charge in [-0.1, -0.05) is 25.2 Å². The fourth-order valence-electron chi connectivity index (χ4n) is 0.192. The zero-order valence-electron chi connectivity index (χ0n) is 4.68. The second-order valence-electron chi connectivity index (χ2n) is 2.14. The molecule has 0 rings (SSSR count). The molecule has 0 fully saturated rings. The van der Waals surface area contributed by atoms with Gasteiger partial charge < -0.3 is 0 Å². The van der Waals surface area contributed by atoms with E-state index in [9.17, 15) is 0 Å². The Morgan fingerprint density at radius 1 is 1.57 bits per heavy atom. The van der Waals surface area contributed by atoms with E-state index in [0.29, 0.717) is 0 Å². The van der Waals surface area contributed by atoms with E-state index in [2.05, 4.69) is 12.6 Å². The third-order valence-electron chi connectivity index (χ3n) is 0.504. The van der Waals surface area contributed by atoms with E-state index in [1.807, 2.05) is 19.9 Å². The standard InChI is InChI=1S/C5H9BS/c1-5(2,6)3-4-7/h3-4,7H,1-2H3/b4-3+. The number of hydrogen-bond acceptors (Lipinski definition) is 1. The molecule has 38 valence electrons. The van der Waals surface area contributed by atoms with Crippen LogP contribution in [0, 0.1) is 0 Å². The first kappa shape index (κ1) is 7.15. The Morgan fingerprint density at radius 2 is 2.00 bits per heavy atom. The summed E-state index contributed by atoms with van der Waals surface area (Å²) in [4.78, 5) is 0. The largest absolute Gasteiger partial charge is 0.152 e. The fraction of sp³-hybridized carbons (Fsp3) is 0.600. The van der Waals surface area contributed by atoms with Crippen molar-refractivity contribution in [1.29, 1.82) is 0 Å². The predicted octanol–water partition coefficient (Wildman–Crippen LogP) is 1.80. The lowest BCUT2D eigenvalue weighted by Gasteiger charge is -2.09. The second kappa shape index (κ2) is 2.46. The van der Waals surface area contributed by atoms with Crippen LogP contribution in [0.3, 0.4) is 0 Å². The van der Waals surface area contributed by atoms with E-state index >= 15 is 0 Å². The SMILES string of the molecule is [B]C(C)(C)/C=C/S. The fourth-order valence-corrected chi connectivity index (χ4v) is 0.576. The van der Waals surface area contributed by atoms with Crippen molar-refractivity contribution in [2.45, 2.75) is 19.2 Å². The average Bonchev–Trinajstić information content (AvgIpc) is 1.30. The summed E-state index contributed by atoms with van der Waals surface area (Å²) in [6, 6.07) is 0. The molecule has 0 aliphatic rings. The molecule has 0 atom stereocenters. The van der Waals surface area contributed by atoms with Crippen LogP contribution in [0.25, 0.3) is 0 Å². The van der Waals surface area contributed by atoms with Gasteiger partial charge in [0.2, 0.25) is 0 Å². The highest BCUT2D eigenvalue weighted by atomic mass is 32.1. The molecule has 0 saturated heterocycles. The summed E-state index contributed by atoms with van der Waals surface area (Å²) in [5, 5.41) is 1.45. The molecular formula is C5H9BS. The van der Waals surface area contributed by atoms with Gasteiger partial charge in [0.25, 0.3) is 0 Å². The monoisotopic (exact) mass is 112 g/mol. The lowest BCUT2D eigenvalue weighted by molar-refractivity contribution is 0.863. The van der Waals surface area contributed by atoms with E-state index in [-0.39, 0.29) is 5.31 Å². The lowest BCUT2D eigenvalue weighted by Crippen LogP contribution is -1.94. The number of allylic oxidation sites excluding steroid dienone is 1. The summed E-state index contributed by atoms with van der Waals surface area (Å²) >= 11 is 3.85. The molecule has 0 bridgehead atoms. The zero-order chi connectivity index (χ0) is 5.91. The molecule has 0 aromatic carbocycles. The second-order valence-corrected chi connectivity index (χ2v) is 2.44. The quantitative estimate of drug-likeness (QED) is 0.388. The third-order valence-corrected chi connectivity index (χ3v) is 0.653. The Kier molecular flexibility index (Phi) is 2.51. The highest BCUT2D eigenvalue weighted by molar-refractivity contribution is 7.83. The van der Waals surface area contributed by atoms with Gasteiger partial charge in [-0.15, -0.1) is 0 Å². The third kappa shape index (κ3) is 6.15. The Morgan fingerprint density at radius 3 is 2.00 bits per heavy atom. The molecular weight excluding hydrogens is 103 g/mol. The molecule has 0 heterocycles. The van der Waals surface area contributed by atoms with Crippen LogP contribution >= 0.6 is 12.6 Å². The normalized spacial score (nSPS) is 13.0. The maximum Gasteiger partial charge on any atom is 0.0794 e. The van der Waals surface area contributed by atoms with Gasteiger partial charge >= 0.3 is 0 Å². The first-order valence-electron chi connectivity index (χ1n) is 2.17. The molecule has 0 aromatic rings. The van der Waals surface area contributed by atoms with Crippen molar-refractivity contribution in [2.24, 2.45) is 0 Å². The van der Waals surface area contributed by atoms with E-state index < -0.39 is 0 Å². The minimum atomic E-state index is -0.207. The molecule has 0 amide bonds. The summed E-state index contributed by atoms with van der Waals surface area (Å²) in [5.74, 6) is 0. The Balaban J connectivity index is 3.56. The molecule has 0 N–H and O–H groups in total. The van der Waals surface area contributed by atoms with E-state index in [1.54, 1.807) is 5.41 Å². The summed E-state index contributed by atoms with van der Waals surface area (Å²) in [6.45, 7) is 3.83. The minimum absolute atomic E-state index is 0.207. The van der Waals surface area contributed by atoms with Crippen molar-refractivity contribution in [3.63, 3.8) is 0 Å². The Hall–Kier alpha value is 0.155. The van der Waals surface area contributed by atoms with Crippen LogP contribution in [0.2, 0.25) is 5.31 Å². The summed E-state index contributed by atoms with van der Waals surface area (Å²) in [6.07, 6.45) is 1.83. The average molecular weight is 112 g/mol. The maximum atomic E-state index is 5.51. The summed E-state index contributed by atoms with van der Waals surface area (Å²) in [5.41, 5.74) is 0. The highest BCUT2D eigenvalue weighted by Crippen LogP contribution is 2.19. The van der Waals surface area contributed by atoms with Gasteiger partial charge in [-0.2, -0.15) is 12.6 Å². The summed E-state index contributed by atoms with van der Waals surface area (Å²) in [7, 11) is 5.51. The molecule has 0 aliphatic carbocycles. The van der Waals surface area contributed by atoms with E-state index in [0.717, 1.165) is 0 Å². The summed E-state index contributed by atoms with van der Waals surface area (Å²) < 4.78 is 0. The van der Waals surface area contributed by atoms with Crippen LogP contribution in [0.5, 0.6) is 0 Å². The van der Waals surface area contributed by atoms with Crippen LogP contribution in [0.4, 0.5) is 0 Å². The molecule has 2 heteroatoms. The number of thiol groups is 1. The first-order chi connectivity index (χ1) is 3.06. The van der Waals surface area contributed by atoms with Gasteiger partial charge in [-0.3, -0.25) is 0 Å². The van der Waals surface area contributed by atoms with Crippen molar-refractivity contribution >= 4 is 20.5 Å². The van der Waals surface area contributed by atoms with Gasteiger partial charge in [0.05, 0.1) is 7.85 Å². The highest BCUT2D eigenvalue weighted by Gasteiger charge is 2.00. The van der Waals surface area contributed by atoms with Crippen LogP contribution in [0.15, 0.2) is 11.5 Å². The van der Waals surface area contributed by atoms with Crippen molar-refractivity contribution in [3.05, 3.63) is 11.5 Å². The molecule has 2 radical (unpaired) electrons. The molecule has 0 aliphatic heterocycles. The van der Waals surface area contributed by atoms with Crippen molar-refractivity contribution in [3.8, 4) is 0 Å².